The predicted octanol–water partition coefficient (Wildman–Crippen LogP) is 2.79. The molecule has 0 aliphatic carbocycles. The van der Waals surface area contributed by atoms with Crippen molar-refractivity contribution >= 4 is 0 Å². The highest BCUT2D eigenvalue weighted by atomic mass is 15.4. The fraction of sp³-hybridized carbons (Fsp3) is 0.818. The molecule has 1 atom stereocenters. The minimum absolute atomic E-state index is 0.0922. The van der Waals surface area contributed by atoms with Crippen LogP contribution in [0.4, 0.5) is 0 Å². The zero-order valence-electron chi connectivity index (χ0n) is 10.1. The monoisotopic (exact) mass is 195 g/mol. The van der Waals surface area contributed by atoms with Gasteiger partial charge < -0.3 is 0 Å². The first-order chi connectivity index (χ1) is 6.32. The molecule has 0 amide bonds. The van der Waals surface area contributed by atoms with Gasteiger partial charge in [0.2, 0.25) is 0 Å². The van der Waals surface area contributed by atoms with E-state index in [1.807, 2.05) is 4.68 Å². The van der Waals surface area contributed by atoms with Crippen LogP contribution in [0.25, 0.3) is 0 Å². The largest absolute Gasteiger partial charge is 0.249 e. The fourth-order valence-corrected chi connectivity index (χ4v) is 1.12. The van der Waals surface area contributed by atoms with E-state index in [1.54, 1.807) is 0 Å². The molecule has 3 heteroatoms. The lowest BCUT2D eigenvalue weighted by Gasteiger charge is -2.16. The second-order valence-electron chi connectivity index (χ2n) is 5.32. The highest BCUT2D eigenvalue weighted by Crippen LogP contribution is 2.22. The van der Waals surface area contributed by atoms with Crippen molar-refractivity contribution in [2.24, 2.45) is 5.92 Å². The minimum Gasteiger partial charge on any atom is -0.249 e. The molecule has 3 nitrogen and oxygen atoms in total. The summed E-state index contributed by atoms with van der Waals surface area (Å²) in [6, 6.07) is 0.415. The van der Waals surface area contributed by atoms with Gasteiger partial charge in [0, 0.05) is 11.6 Å². The molecule has 0 fully saturated rings. The first-order valence-corrected chi connectivity index (χ1v) is 5.24. The molecular weight excluding hydrogens is 174 g/mol. The standard InChI is InChI=1S/C11H21N3/c1-8(2)9(3)14-7-10(12-13-14)11(4,5)6/h7-9H,1-6H3. The third-order valence-electron chi connectivity index (χ3n) is 2.66. The van der Waals surface area contributed by atoms with Crippen molar-refractivity contribution in [2.75, 3.05) is 0 Å². The summed E-state index contributed by atoms with van der Waals surface area (Å²) < 4.78 is 1.96. The molecule has 1 rings (SSSR count). The Balaban J connectivity index is 2.89. The maximum atomic E-state index is 4.20. The maximum Gasteiger partial charge on any atom is 0.0880 e. The molecule has 0 N–H and O–H groups in total. The summed E-state index contributed by atoms with van der Waals surface area (Å²) >= 11 is 0. The number of hydrogen-bond donors (Lipinski definition) is 0. The van der Waals surface area contributed by atoms with Gasteiger partial charge >= 0.3 is 0 Å². The molecule has 0 aromatic carbocycles. The average Bonchev–Trinajstić information content (AvgIpc) is 2.49. The van der Waals surface area contributed by atoms with Crippen LogP contribution in [0.1, 0.15) is 53.3 Å². The summed E-state index contributed by atoms with van der Waals surface area (Å²) in [5.41, 5.74) is 1.15. The maximum absolute atomic E-state index is 4.20. The minimum atomic E-state index is 0.0922. The third-order valence-corrected chi connectivity index (χ3v) is 2.66. The van der Waals surface area contributed by atoms with Crippen LogP contribution in [-0.2, 0) is 5.41 Å². The van der Waals surface area contributed by atoms with Crippen molar-refractivity contribution < 1.29 is 0 Å². The van der Waals surface area contributed by atoms with E-state index >= 15 is 0 Å². The lowest BCUT2D eigenvalue weighted by molar-refractivity contribution is 0.368. The summed E-state index contributed by atoms with van der Waals surface area (Å²) in [5, 5.41) is 8.37. The van der Waals surface area contributed by atoms with Crippen molar-refractivity contribution in [1.29, 1.82) is 0 Å². The molecule has 0 aliphatic rings. The number of nitrogens with zero attached hydrogens (tertiary/aromatic N) is 3. The van der Waals surface area contributed by atoms with Gasteiger partial charge in [0.1, 0.15) is 0 Å². The average molecular weight is 195 g/mol. The van der Waals surface area contributed by atoms with Gasteiger partial charge in [0.05, 0.1) is 11.7 Å². The number of aromatic nitrogens is 3. The van der Waals surface area contributed by atoms with Crippen LogP contribution < -0.4 is 0 Å². The second kappa shape index (κ2) is 3.71. The quantitative estimate of drug-likeness (QED) is 0.726. The van der Waals surface area contributed by atoms with Crippen molar-refractivity contribution in [3.63, 3.8) is 0 Å². The van der Waals surface area contributed by atoms with E-state index < -0.39 is 0 Å². The van der Waals surface area contributed by atoms with Crippen LogP contribution in [0.2, 0.25) is 0 Å². The Morgan fingerprint density at radius 1 is 1.21 bits per heavy atom. The molecule has 1 heterocycles. The topological polar surface area (TPSA) is 30.7 Å². The predicted molar refractivity (Wildman–Crippen MR) is 58.3 cm³/mol. The number of hydrogen-bond acceptors (Lipinski definition) is 2. The summed E-state index contributed by atoms with van der Waals surface area (Å²) in [6.45, 7) is 13.0. The van der Waals surface area contributed by atoms with Gasteiger partial charge in [-0.05, 0) is 12.8 Å². The molecule has 0 bridgehead atoms. The summed E-state index contributed by atoms with van der Waals surface area (Å²) in [4.78, 5) is 0. The highest BCUT2D eigenvalue weighted by molar-refractivity contribution is 5.06. The van der Waals surface area contributed by atoms with E-state index in [2.05, 4.69) is 58.1 Å². The lowest BCUT2D eigenvalue weighted by Crippen LogP contribution is -2.13. The van der Waals surface area contributed by atoms with Crippen LogP contribution in [0.15, 0.2) is 6.20 Å². The van der Waals surface area contributed by atoms with Gasteiger partial charge in [-0.3, -0.25) is 0 Å². The first-order valence-electron chi connectivity index (χ1n) is 5.24. The molecule has 0 saturated heterocycles. The van der Waals surface area contributed by atoms with Gasteiger partial charge in [0.15, 0.2) is 0 Å². The molecule has 1 aromatic heterocycles. The van der Waals surface area contributed by atoms with Crippen molar-refractivity contribution in [1.82, 2.24) is 15.0 Å². The molecule has 0 spiro atoms. The zero-order chi connectivity index (χ0) is 10.9. The lowest BCUT2D eigenvalue weighted by atomic mass is 9.93. The Kier molecular flexibility index (Phi) is 2.98. The molecule has 80 valence electrons. The molecule has 0 saturated carbocycles. The van der Waals surface area contributed by atoms with E-state index in [0.717, 1.165) is 5.69 Å². The van der Waals surface area contributed by atoms with Crippen molar-refractivity contribution in [3.8, 4) is 0 Å². The first kappa shape index (κ1) is 11.2. The molecule has 14 heavy (non-hydrogen) atoms. The van der Waals surface area contributed by atoms with Crippen LogP contribution in [0, 0.1) is 5.92 Å². The SMILES string of the molecule is CC(C)C(C)n1cc(C(C)(C)C)nn1. The van der Waals surface area contributed by atoms with Gasteiger partial charge in [-0.1, -0.05) is 39.8 Å². The molecule has 1 aromatic rings. The van der Waals surface area contributed by atoms with Crippen LogP contribution in [-0.4, -0.2) is 15.0 Å². The third kappa shape index (κ3) is 2.34. The van der Waals surface area contributed by atoms with E-state index in [0.29, 0.717) is 12.0 Å². The summed E-state index contributed by atoms with van der Waals surface area (Å²) in [7, 11) is 0. The Morgan fingerprint density at radius 3 is 2.14 bits per heavy atom. The van der Waals surface area contributed by atoms with Gasteiger partial charge in [-0.15, -0.1) is 5.10 Å². The summed E-state index contributed by atoms with van der Waals surface area (Å²) in [5.74, 6) is 0.588. The van der Waals surface area contributed by atoms with E-state index in [4.69, 9.17) is 0 Å². The Hall–Kier alpha value is -0.860. The molecule has 0 aliphatic heterocycles. The van der Waals surface area contributed by atoms with Crippen LogP contribution in [0.5, 0.6) is 0 Å². The van der Waals surface area contributed by atoms with Crippen LogP contribution >= 0.6 is 0 Å². The van der Waals surface area contributed by atoms with E-state index in [9.17, 15) is 0 Å². The highest BCUT2D eigenvalue weighted by Gasteiger charge is 2.19. The normalized spacial score (nSPS) is 14.8. The number of rotatable bonds is 2. The zero-order valence-corrected chi connectivity index (χ0v) is 10.1. The van der Waals surface area contributed by atoms with E-state index in [1.165, 1.54) is 0 Å². The molecule has 0 radical (unpaired) electrons. The molecular formula is C11H21N3. The summed E-state index contributed by atoms with van der Waals surface area (Å²) in [6.07, 6.45) is 2.06. The van der Waals surface area contributed by atoms with Gasteiger partial charge in [0.25, 0.3) is 0 Å². The van der Waals surface area contributed by atoms with Crippen LogP contribution in [0.3, 0.4) is 0 Å². The Labute approximate surface area is 86.5 Å². The van der Waals surface area contributed by atoms with Gasteiger partial charge in [-0.2, -0.15) is 0 Å². The fourth-order valence-electron chi connectivity index (χ4n) is 1.12. The van der Waals surface area contributed by atoms with E-state index in [-0.39, 0.29) is 5.41 Å². The molecule has 1 unspecified atom stereocenters. The smallest absolute Gasteiger partial charge is 0.0880 e. The van der Waals surface area contributed by atoms with Gasteiger partial charge in [-0.25, -0.2) is 4.68 Å². The second-order valence-corrected chi connectivity index (χ2v) is 5.32. The Bertz CT molecular complexity index is 294. The van der Waals surface area contributed by atoms with Crippen molar-refractivity contribution in [3.05, 3.63) is 11.9 Å². The van der Waals surface area contributed by atoms with Crippen molar-refractivity contribution in [2.45, 2.75) is 53.0 Å². The Morgan fingerprint density at radius 2 is 1.79 bits per heavy atom.